The number of aromatic nitrogens is 2. The van der Waals surface area contributed by atoms with Gasteiger partial charge >= 0.3 is 0 Å². The van der Waals surface area contributed by atoms with Crippen LogP contribution in [0.2, 0.25) is 0 Å². The predicted octanol–water partition coefficient (Wildman–Crippen LogP) is 0.165. The van der Waals surface area contributed by atoms with Gasteiger partial charge in [-0.15, -0.1) is 30.4 Å². The van der Waals surface area contributed by atoms with Crippen molar-refractivity contribution in [2.24, 2.45) is 10.7 Å². The third-order valence-electron chi connectivity index (χ3n) is 2.77. The zero-order valence-corrected chi connectivity index (χ0v) is 12.9. The highest BCUT2D eigenvalue weighted by molar-refractivity contribution is 14.0. The molecule has 1 aliphatic rings. The van der Waals surface area contributed by atoms with Gasteiger partial charge in [0.15, 0.2) is 5.96 Å². The molecule has 1 saturated heterocycles. The quantitative estimate of drug-likeness (QED) is 0.347. The third kappa shape index (κ3) is 4.24. The lowest BCUT2D eigenvalue weighted by atomic mass is 10.3. The molecule has 0 radical (unpaired) electrons. The van der Waals surface area contributed by atoms with Crippen molar-refractivity contribution in [2.75, 3.05) is 37.6 Å². The molecule has 1 aliphatic heterocycles. The summed E-state index contributed by atoms with van der Waals surface area (Å²) in [5.74, 6) is 3.72. The van der Waals surface area contributed by atoms with Crippen molar-refractivity contribution < 1.29 is 0 Å². The van der Waals surface area contributed by atoms with Gasteiger partial charge in [-0.25, -0.2) is 15.0 Å². The summed E-state index contributed by atoms with van der Waals surface area (Å²) in [5.41, 5.74) is 5.85. The van der Waals surface area contributed by atoms with E-state index in [1.165, 1.54) is 0 Å². The van der Waals surface area contributed by atoms with E-state index in [9.17, 15) is 0 Å². The molecule has 2 heterocycles. The van der Waals surface area contributed by atoms with Crippen molar-refractivity contribution in [3.63, 3.8) is 0 Å². The van der Waals surface area contributed by atoms with Gasteiger partial charge in [-0.3, -0.25) is 0 Å². The Morgan fingerprint density at radius 3 is 2.53 bits per heavy atom. The van der Waals surface area contributed by atoms with Gasteiger partial charge in [-0.2, -0.15) is 0 Å². The van der Waals surface area contributed by atoms with E-state index in [1.807, 2.05) is 11.0 Å². The molecule has 0 amide bonds. The standard InChI is InChI=1S/C12H16N6.HI/c1-2-4-14-11(13)17-7-9-18(10-8-17)12-15-5-3-6-16-12;/h1,3,5-6H,4,7-10H2,(H2,13,14);1H. The number of hydrogen-bond acceptors (Lipinski definition) is 4. The number of anilines is 1. The second-order valence-corrected chi connectivity index (χ2v) is 3.90. The number of guanidine groups is 1. The highest BCUT2D eigenvalue weighted by atomic mass is 127. The fourth-order valence-electron chi connectivity index (χ4n) is 1.82. The maximum atomic E-state index is 5.85. The molecule has 102 valence electrons. The lowest BCUT2D eigenvalue weighted by Crippen LogP contribution is -2.51. The van der Waals surface area contributed by atoms with E-state index in [1.54, 1.807) is 12.4 Å². The van der Waals surface area contributed by atoms with E-state index in [2.05, 4.69) is 25.8 Å². The molecule has 19 heavy (non-hydrogen) atoms. The van der Waals surface area contributed by atoms with E-state index in [0.29, 0.717) is 12.5 Å². The average Bonchev–Trinajstić information content (AvgIpc) is 2.46. The molecule has 0 spiro atoms. The van der Waals surface area contributed by atoms with Crippen molar-refractivity contribution in [1.82, 2.24) is 14.9 Å². The van der Waals surface area contributed by atoms with Gasteiger partial charge in [0, 0.05) is 38.6 Å². The van der Waals surface area contributed by atoms with E-state index in [0.717, 1.165) is 32.1 Å². The monoisotopic (exact) mass is 372 g/mol. The zero-order valence-electron chi connectivity index (χ0n) is 10.6. The van der Waals surface area contributed by atoms with Gasteiger partial charge in [-0.05, 0) is 6.07 Å². The van der Waals surface area contributed by atoms with Gasteiger partial charge in [-0.1, -0.05) is 5.92 Å². The van der Waals surface area contributed by atoms with Crippen LogP contribution in [0.4, 0.5) is 5.95 Å². The van der Waals surface area contributed by atoms with Crippen LogP contribution in [0.1, 0.15) is 0 Å². The molecule has 1 fully saturated rings. The molecular weight excluding hydrogens is 355 g/mol. The summed E-state index contributed by atoms with van der Waals surface area (Å²) in [5, 5.41) is 0. The maximum absolute atomic E-state index is 5.85. The molecule has 0 atom stereocenters. The Balaban J connectivity index is 0.00000180. The summed E-state index contributed by atoms with van der Waals surface area (Å²) < 4.78 is 0. The Labute approximate surface area is 130 Å². The van der Waals surface area contributed by atoms with Gasteiger partial charge in [0.1, 0.15) is 6.54 Å². The molecule has 6 nitrogen and oxygen atoms in total. The number of rotatable bonds is 2. The summed E-state index contributed by atoms with van der Waals surface area (Å²) in [7, 11) is 0. The van der Waals surface area contributed by atoms with Crippen LogP contribution in [0.15, 0.2) is 23.5 Å². The largest absolute Gasteiger partial charge is 0.370 e. The molecule has 0 aliphatic carbocycles. The van der Waals surface area contributed by atoms with Gasteiger partial charge in [0.05, 0.1) is 0 Å². The predicted molar refractivity (Wildman–Crippen MR) is 86.6 cm³/mol. The van der Waals surface area contributed by atoms with Crippen molar-refractivity contribution in [3.05, 3.63) is 18.5 Å². The van der Waals surface area contributed by atoms with Gasteiger partial charge in [0.25, 0.3) is 0 Å². The fraction of sp³-hybridized carbons (Fsp3) is 0.417. The minimum absolute atomic E-state index is 0. The molecule has 1 aromatic heterocycles. The molecule has 0 saturated carbocycles. The van der Waals surface area contributed by atoms with Crippen LogP contribution >= 0.6 is 24.0 Å². The van der Waals surface area contributed by atoms with Crippen LogP contribution in [-0.4, -0.2) is 53.6 Å². The van der Waals surface area contributed by atoms with E-state index < -0.39 is 0 Å². The molecular formula is C12H17IN6. The SMILES string of the molecule is C#CCN=C(N)N1CCN(c2ncccn2)CC1.I. The molecule has 0 unspecified atom stereocenters. The Hall–Kier alpha value is -1.56. The summed E-state index contributed by atoms with van der Waals surface area (Å²) in [6.45, 7) is 3.59. The van der Waals surface area contributed by atoms with Crippen LogP contribution in [0, 0.1) is 12.3 Å². The summed E-state index contributed by atoms with van der Waals surface area (Å²) in [6, 6.07) is 1.81. The summed E-state index contributed by atoms with van der Waals surface area (Å²) in [6.07, 6.45) is 8.64. The Morgan fingerprint density at radius 2 is 1.95 bits per heavy atom. The molecule has 2 rings (SSSR count). The molecule has 0 bridgehead atoms. The van der Waals surface area contributed by atoms with Crippen LogP contribution < -0.4 is 10.6 Å². The number of terminal acetylenes is 1. The number of nitrogens with zero attached hydrogens (tertiary/aromatic N) is 5. The maximum Gasteiger partial charge on any atom is 0.225 e. The lowest BCUT2D eigenvalue weighted by molar-refractivity contribution is 0.378. The van der Waals surface area contributed by atoms with Gasteiger partial charge in [0.2, 0.25) is 5.95 Å². The van der Waals surface area contributed by atoms with Crippen molar-refractivity contribution in [2.45, 2.75) is 0 Å². The average molecular weight is 372 g/mol. The Kier molecular flexibility index (Phi) is 6.35. The van der Waals surface area contributed by atoms with Crippen molar-refractivity contribution in [1.29, 1.82) is 0 Å². The number of aliphatic imine (C=N–C) groups is 1. The first-order valence-corrected chi connectivity index (χ1v) is 5.81. The van der Waals surface area contributed by atoms with Crippen LogP contribution in [0.5, 0.6) is 0 Å². The van der Waals surface area contributed by atoms with Crippen molar-refractivity contribution >= 4 is 35.9 Å². The molecule has 1 aromatic rings. The zero-order chi connectivity index (χ0) is 12.8. The topological polar surface area (TPSA) is 70.6 Å². The molecule has 2 N–H and O–H groups in total. The Morgan fingerprint density at radius 1 is 1.32 bits per heavy atom. The first kappa shape index (κ1) is 15.5. The fourth-order valence-corrected chi connectivity index (χ4v) is 1.82. The first-order valence-electron chi connectivity index (χ1n) is 5.81. The first-order chi connectivity index (χ1) is 8.81. The highest BCUT2D eigenvalue weighted by Crippen LogP contribution is 2.09. The van der Waals surface area contributed by atoms with Crippen LogP contribution in [0.3, 0.4) is 0 Å². The lowest BCUT2D eigenvalue weighted by Gasteiger charge is -2.35. The molecule has 7 heteroatoms. The number of piperazine rings is 1. The smallest absolute Gasteiger partial charge is 0.225 e. The number of halogens is 1. The number of hydrogen-bond donors (Lipinski definition) is 1. The van der Waals surface area contributed by atoms with Crippen LogP contribution in [0.25, 0.3) is 0 Å². The van der Waals surface area contributed by atoms with Crippen molar-refractivity contribution in [3.8, 4) is 12.3 Å². The summed E-state index contributed by atoms with van der Waals surface area (Å²) >= 11 is 0. The highest BCUT2D eigenvalue weighted by Gasteiger charge is 2.19. The molecule has 0 aromatic carbocycles. The normalized spacial score (nSPS) is 15.6. The third-order valence-corrected chi connectivity index (χ3v) is 2.77. The van der Waals surface area contributed by atoms with E-state index in [-0.39, 0.29) is 24.0 Å². The summed E-state index contributed by atoms with van der Waals surface area (Å²) in [4.78, 5) is 16.7. The second-order valence-electron chi connectivity index (χ2n) is 3.90. The van der Waals surface area contributed by atoms with Crippen LogP contribution in [-0.2, 0) is 0 Å². The second kappa shape index (κ2) is 7.78. The van der Waals surface area contributed by atoms with Gasteiger partial charge < -0.3 is 15.5 Å². The minimum atomic E-state index is 0. The number of nitrogens with two attached hydrogens (primary N) is 1. The minimum Gasteiger partial charge on any atom is -0.370 e. The van der Waals surface area contributed by atoms with E-state index in [4.69, 9.17) is 12.2 Å². The Bertz CT molecular complexity index is 447. The van der Waals surface area contributed by atoms with E-state index >= 15 is 0 Å².